The van der Waals surface area contributed by atoms with Gasteiger partial charge in [-0.1, -0.05) is 27.7 Å². The molecule has 0 aromatic carbocycles. The molecule has 4 atom stereocenters. The Morgan fingerprint density at radius 3 is 2.61 bits per heavy atom. The third-order valence-corrected chi connectivity index (χ3v) is 7.03. The molecule has 2 fully saturated rings. The van der Waals surface area contributed by atoms with Crippen LogP contribution in [-0.2, 0) is 4.74 Å². The van der Waals surface area contributed by atoms with Gasteiger partial charge in [0.1, 0.15) is 0 Å². The van der Waals surface area contributed by atoms with Gasteiger partial charge in [0, 0.05) is 18.2 Å². The van der Waals surface area contributed by atoms with Gasteiger partial charge in [-0.05, 0) is 49.5 Å². The van der Waals surface area contributed by atoms with E-state index in [-0.39, 0.29) is 0 Å². The summed E-state index contributed by atoms with van der Waals surface area (Å²) in [5, 5.41) is 0.533. The first kappa shape index (κ1) is 14.4. The molecule has 2 nitrogen and oxygen atoms in total. The van der Waals surface area contributed by atoms with Crippen LogP contribution in [0.1, 0.15) is 53.9 Å². The number of rotatable bonds is 4. The summed E-state index contributed by atoms with van der Waals surface area (Å²) in [6, 6.07) is 0. The van der Waals surface area contributed by atoms with E-state index in [0.29, 0.717) is 22.2 Å². The standard InChI is InChI=1S/C15H27NOS/c1-7-10(2)16-18-12-11-8-9-15(5,13(12)17-6)14(11,3)4/h11-13H,7-9H2,1-6H3/b16-10+/t11-,12-,13-,15+/m1/s1. The molecule has 0 unspecified atom stereocenters. The Bertz CT molecular complexity index is 352. The Hall–Kier alpha value is -0.0200. The van der Waals surface area contributed by atoms with Crippen LogP contribution in [0.2, 0.25) is 0 Å². The van der Waals surface area contributed by atoms with Gasteiger partial charge < -0.3 is 4.74 Å². The van der Waals surface area contributed by atoms with E-state index in [1.807, 2.05) is 7.11 Å². The lowest BCUT2D eigenvalue weighted by Gasteiger charge is -2.38. The minimum Gasteiger partial charge on any atom is -0.380 e. The Kier molecular flexibility index (Phi) is 3.86. The fourth-order valence-corrected chi connectivity index (χ4v) is 5.53. The molecule has 2 rings (SSSR count). The topological polar surface area (TPSA) is 21.6 Å². The molecule has 0 aromatic rings. The van der Waals surface area contributed by atoms with Crippen molar-refractivity contribution in [2.24, 2.45) is 21.1 Å². The number of nitrogens with zero attached hydrogens (tertiary/aromatic N) is 1. The predicted octanol–water partition coefficient (Wildman–Crippen LogP) is 4.35. The Morgan fingerprint density at radius 2 is 2.06 bits per heavy atom. The maximum absolute atomic E-state index is 5.87. The highest BCUT2D eigenvalue weighted by atomic mass is 32.2. The van der Waals surface area contributed by atoms with E-state index in [9.17, 15) is 0 Å². The number of ether oxygens (including phenoxy) is 1. The fraction of sp³-hybridized carbons (Fsp3) is 0.933. The van der Waals surface area contributed by atoms with Crippen LogP contribution in [0.4, 0.5) is 0 Å². The summed E-state index contributed by atoms with van der Waals surface area (Å²) in [7, 11) is 1.87. The average Bonchev–Trinajstić information content (AvgIpc) is 2.65. The minimum absolute atomic E-state index is 0.319. The molecular formula is C15H27NOS. The number of fused-ring (bicyclic) bond motifs is 2. The van der Waals surface area contributed by atoms with Gasteiger partial charge in [-0.15, -0.1) is 0 Å². The molecule has 0 N–H and O–H groups in total. The largest absolute Gasteiger partial charge is 0.380 e. The van der Waals surface area contributed by atoms with Crippen LogP contribution < -0.4 is 0 Å². The molecule has 0 radical (unpaired) electrons. The predicted molar refractivity (Wildman–Crippen MR) is 80.2 cm³/mol. The zero-order valence-electron chi connectivity index (χ0n) is 12.6. The molecule has 2 aliphatic rings. The second-order valence-electron chi connectivity index (χ2n) is 6.69. The van der Waals surface area contributed by atoms with Crippen molar-refractivity contribution in [1.29, 1.82) is 0 Å². The minimum atomic E-state index is 0.319. The quantitative estimate of drug-likeness (QED) is 0.559. The molecule has 2 saturated carbocycles. The number of methoxy groups -OCH3 is 1. The van der Waals surface area contributed by atoms with Crippen LogP contribution in [-0.4, -0.2) is 24.2 Å². The Morgan fingerprint density at radius 1 is 1.39 bits per heavy atom. The van der Waals surface area contributed by atoms with Crippen LogP contribution in [0.15, 0.2) is 4.40 Å². The molecule has 0 saturated heterocycles. The van der Waals surface area contributed by atoms with Gasteiger partial charge in [0.25, 0.3) is 0 Å². The van der Waals surface area contributed by atoms with Crippen LogP contribution >= 0.6 is 11.9 Å². The van der Waals surface area contributed by atoms with E-state index < -0.39 is 0 Å². The maximum atomic E-state index is 5.87. The smallest absolute Gasteiger partial charge is 0.0769 e. The van der Waals surface area contributed by atoms with Crippen LogP contribution in [0.25, 0.3) is 0 Å². The highest BCUT2D eigenvalue weighted by molar-refractivity contribution is 7.98. The molecule has 0 amide bonds. The first-order chi connectivity index (χ1) is 8.38. The van der Waals surface area contributed by atoms with Gasteiger partial charge in [-0.3, -0.25) is 0 Å². The van der Waals surface area contributed by atoms with Crippen molar-refractivity contribution in [2.75, 3.05) is 7.11 Å². The average molecular weight is 269 g/mol. The molecule has 2 bridgehead atoms. The van der Waals surface area contributed by atoms with Crippen LogP contribution in [0.3, 0.4) is 0 Å². The molecular weight excluding hydrogens is 242 g/mol. The lowest BCUT2D eigenvalue weighted by molar-refractivity contribution is -0.0176. The van der Waals surface area contributed by atoms with E-state index in [0.717, 1.165) is 12.3 Å². The molecule has 0 aliphatic heterocycles. The molecule has 2 aliphatic carbocycles. The lowest BCUT2D eigenvalue weighted by atomic mass is 9.70. The highest BCUT2D eigenvalue weighted by Crippen LogP contribution is 2.68. The van der Waals surface area contributed by atoms with Crippen molar-refractivity contribution >= 4 is 17.7 Å². The number of hydrogen-bond donors (Lipinski definition) is 0. The van der Waals surface area contributed by atoms with Crippen molar-refractivity contribution < 1.29 is 4.74 Å². The Balaban J connectivity index is 2.22. The second-order valence-corrected chi connectivity index (χ2v) is 7.63. The summed E-state index contributed by atoms with van der Waals surface area (Å²) < 4.78 is 10.6. The molecule has 0 heterocycles. The summed E-state index contributed by atoms with van der Waals surface area (Å²) >= 11 is 1.78. The normalized spacial score (nSPS) is 42.6. The first-order valence-electron chi connectivity index (χ1n) is 7.10. The van der Waals surface area contributed by atoms with E-state index in [1.54, 1.807) is 11.9 Å². The summed E-state index contributed by atoms with van der Waals surface area (Å²) in [5.74, 6) is 0.742. The second kappa shape index (κ2) is 4.82. The SMILES string of the molecule is CC/C(C)=N/S[C@@H]1[C@H]2CC[C@@](C)([C@@H]1OC)C2(C)C. The van der Waals surface area contributed by atoms with E-state index >= 15 is 0 Å². The number of hydrogen-bond acceptors (Lipinski definition) is 3. The zero-order chi connectivity index (χ0) is 13.6. The summed E-state index contributed by atoms with van der Waals surface area (Å²) in [6.45, 7) is 11.5. The van der Waals surface area contributed by atoms with Crippen LogP contribution in [0.5, 0.6) is 0 Å². The van der Waals surface area contributed by atoms with Gasteiger partial charge in [-0.2, -0.15) is 0 Å². The molecule has 0 aromatic heterocycles. The third kappa shape index (κ3) is 1.85. The van der Waals surface area contributed by atoms with Crippen molar-refractivity contribution in [3.63, 3.8) is 0 Å². The summed E-state index contributed by atoms with van der Waals surface area (Å²) in [6.07, 6.45) is 4.03. The van der Waals surface area contributed by atoms with Crippen molar-refractivity contribution in [3.8, 4) is 0 Å². The van der Waals surface area contributed by atoms with Gasteiger partial charge in [0.15, 0.2) is 0 Å². The van der Waals surface area contributed by atoms with Crippen molar-refractivity contribution in [1.82, 2.24) is 0 Å². The van der Waals surface area contributed by atoms with E-state index in [1.165, 1.54) is 18.6 Å². The van der Waals surface area contributed by atoms with E-state index in [4.69, 9.17) is 9.13 Å². The van der Waals surface area contributed by atoms with Gasteiger partial charge in [-0.25, -0.2) is 4.40 Å². The maximum Gasteiger partial charge on any atom is 0.0769 e. The first-order valence-corrected chi connectivity index (χ1v) is 7.94. The van der Waals surface area contributed by atoms with Gasteiger partial charge >= 0.3 is 0 Å². The third-order valence-electron chi connectivity index (χ3n) is 5.79. The molecule has 104 valence electrons. The monoisotopic (exact) mass is 269 g/mol. The van der Waals surface area contributed by atoms with Gasteiger partial charge in [0.05, 0.1) is 11.4 Å². The Labute approximate surface area is 116 Å². The van der Waals surface area contributed by atoms with Crippen molar-refractivity contribution in [3.05, 3.63) is 0 Å². The summed E-state index contributed by atoms with van der Waals surface area (Å²) in [5.41, 5.74) is 1.93. The lowest BCUT2D eigenvalue weighted by Crippen LogP contribution is -2.39. The van der Waals surface area contributed by atoms with E-state index in [2.05, 4.69) is 34.6 Å². The highest BCUT2D eigenvalue weighted by Gasteiger charge is 2.66. The fourth-order valence-electron chi connectivity index (χ4n) is 3.96. The molecule has 0 spiro atoms. The van der Waals surface area contributed by atoms with Crippen LogP contribution in [0, 0.1) is 16.7 Å². The summed E-state index contributed by atoms with van der Waals surface area (Å²) in [4.78, 5) is 0. The zero-order valence-corrected chi connectivity index (χ0v) is 13.4. The molecule has 3 heteroatoms. The van der Waals surface area contributed by atoms with Gasteiger partial charge in [0.2, 0.25) is 0 Å². The van der Waals surface area contributed by atoms with Crippen molar-refractivity contribution in [2.45, 2.75) is 65.2 Å². The molecule has 18 heavy (non-hydrogen) atoms.